The van der Waals surface area contributed by atoms with Crippen LogP contribution in [0.2, 0.25) is 0 Å². The zero-order chi connectivity index (χ0) is 23.8. The minimum absolute atomic E-state index is 0.120. The van der Waals surface area contributed by atoms with Gasteiger partial charge in [0.2, 0.25) is 0 Å². The normalized spacial score (nSPS) is 16.3. The summed E-state index contributed by atoms with van der Waals surface area (Å²) in [7, 11) is 0. The maximum atomic E-state index is 12.6. The molecule has 180 valence electrons. The number of nitrogens with one attached hydrogen (secondary N) is 2. The van der Waals surface area contributed by atoms with Gasteiger partial charge in [0.1, 0.15) is 5.69 Å². The number of rotatable bonds is 9. The summed E-state index contributed by atoms with van der Waals surface area (Å²) >= 11 is 0. The van der Waals surface area contributed by atoms with Crippen LogP contribution in [-0.2, 0) is 17.6 Å². The Balaban J connectivity index is 1.42. The van der Waals surface area contributed by atoms with Crippen molar-refractivity contribution in [2.24, 2.45) is 0 Å². The molecule has 2 N–H and O–H groups in total. The molecule has 0 amide bonds. The molecule has 8 heteroatoms. The van der Waals surface area contributed by atoms with Gasteiger partial charge in [0.05, 0.1) is 11.8 Å². The molecule has 0 atom stereocenters. The van der Waals surface area contributed by atoms with Crippen molar-refractivity contribution in [1.82, 2.24) is 15.2 Å². The van der Waals surface area contributed by atoms with Crippen molar-refractivity contribution in [2.75, 3.05) is 25.1 Å². The first-order valence-electron chi connectivity index (χ1n) is 11.4. The van der Waals surface area contributed by atoms with Crippen LogP contribution in [0.3, 0.4) is 0 Å². The van der Waals surface area contributed by atoms with Crippen LogP contribution >= 0.6 is 0 Å². The average molecular weight is 463 g/mol. The molecule has 0 bridgehead atoms. The lowest BCUT2D eigenvalue weighted by molar-refractivity contribution is -0.141. The number of likely N-dealkylation sites (tertiary alicyclic amines) is 1. The second kappa shape index (κ2) is 11.5. The Kier molecular flexibility index (Phi) is 8.74. The second-order valence-corrected chi connectivity index (χ2v) is 8.87. The van der Waals surface area contributed by atoms with Gasteiger partial charge >= 0.3 is 6.18 Å². The Labute approximate surface area is 194 Å². The molecular formula is C25H33F3N4O. The van der Waals surface area contributed by atoms with Gasteiger partial charge in [-0.15, -0.1) is 0 Å². The number of hydrogen-bond donors (Lipinski definition) is 2. The molecule has 1 aromatic carbocycles. The van der Waals surface area contributed by atoms with Crippen LogP contribution in [0.15, 0.2) is 54.4 Å². The fourth-order valence-electron chi connectivity index (χ4n) is 3.90. The SMILES string of the molecule is C/C(=C\NCc1ccc(C(F)(F)F)nc1)CN1CCC(c2cccc(NOC(C)C)c2)CC1. The largest absolute Gasteiger partial charge is 0.433 e. The van der Waals surface area contributed by atoms with Gasteiger partial charge in [-0.05, 0) is 93.7 Å². The standard InChI is InChI=1S/C25H33F3N4O/c1-18(2)33-31-23-6-4-5-22(13-23)21-9-11-32(12-10-21)17-19(3)14-29-15-20-7-8-24(30-16-20)25(26,27)28/h4-8,13-14,16,18,21,29,31H,9-12,15,17H2,1-3H3/b19-14+. The van der Waals surface area contributed by atoms with Gasteiger partial charge < -0.3 is 5.32 Å². The van der Waals surface area contributed by atoms with Crippen molar-refractivity contribution in [3.8, 4) is 0 Å². The van der Waals surface area contributed by atoms with E-state index < -0.39 is 11.9 Å². The number of alkyl halides is 3. The summed E-state index contributed by atoms with van der Waals surface area (Å²) in [4.78, 5) is 11.4. The summed E-state index contributed by atoms with van der Waals surface area (Å²) in [6.45, 7) is 9.41. The van der Waals surface area contributed by atoms with Crippen LogP contribution in [0.5, 0.6) is 0 Å². The van der Waals surface area contributed by atoms with E-state index in [1.165, 1.54) is 23.4 Å². The van der Waals surface area contributed by atoms with Gasteiger partial charge in [0.15, 0.2) is 0 Å². The lowest BCUT2D eigenvalue weighted by Crippen LogP contribution is -2.34. The third kappa shape index (κ3) is 8.05. The van der Waals surface area contributed by atoms with Crippen molar-refractivity contribution < 1.29 is 18.0 Å². The van der Waals surface area contributed by atoms with Crippen LogP contribution < -0.4 is 10.8 Å². The fraction of sp³-hybridized carbons (Fsp3) is 0.480. The maximum Gasteiger partial charge on any atom is 0.433 e. The first-order valence-corrected chi connectivity index (χ1v) is 11.4. The van der Waals surface area contributed by atoms with Gasteiger partial charge in [-0.3, -0.25) is 20.2 Å². The van der Waals surface area contributed by atoms with E-state index in [0.29, 0.717) is 18.0 Å². The van der Waals surface area contributed by atoms with Gasteiger partial charge in [0.25, 0.3) is 0 Å². The lowest BCUT2D eigenvalue weighted by Gasteiger charge is -2.32. The highest BCUT2D eigenvalue weighted by Gasteiger charge is 2.31. The molecule has 3 rings (SSSR count). The number of benzene rings is 1. The van der Waals surface area contributed by atoms with E-state index in [9.17, 15) is 13.2 Å². The summed E-state index contributed by atoms with van der Waals surface area (Å²) in [5.41, 5.74) is 6.37. The van der Waals surface area contributed by atoms with Crippen molar-refractivity contribution in [2.45, 2.75) is 58.4 Å². The fourth-order valence-corrected chi connectivity index (χ4v) is 3.90. The van der Waals surface area contributed by atoms with E-state index in [-0.39, 0.29) is 6.10 Å². The molecule has 0 saturated carbocycles. The number of halogens is 3. The molecule has 33 heavy (non-hydrogen) atoms. The first-order chi connectivity index (χ1) is 15.7. The number of hydrogen-bond acceptors (Lipinski definition) is 5. The van der Waals surface area contributed by atoms with E-state index in [4.69, 9.17) is 4.84 Å². The third-order valence-electron chi connectivity index (χ3n) is 5.60. The summed E-state index contributed by atoms with van der Waals surface area (Å²) in [5.74, 6) is 0.539. The summed E-state index contributed by atoms with van der Waals surface area (Å²) < 4.78 is 37.8. The van der Waals surface area contributed by atoms with Gasteiger partial charge in [-0.2, -0.15) is 13.2 Å². The highest BCUT2D eigenvalue weighted by Crippen LogP contribution is 2.30. The van der Waals surface area contributed by atoms with Crippen molar-refractivity contribution >= 4 is 5.69 Å². The first kappa shape index (κ1) is 25.1. The lowest BCUT2D eigenvalue weighted by atomic mass is 9.89. The topological polar surface area (TPSA) is 49.4 Å². The zero-order valence-electron chi connectivity index (χ0n) is 19.5. The molecule has 2 aromatic rings. The molecule has 1 aliphatic rings. The Morgan fingerprint density at radius 3 is 2.61 bits per heavy atom. The number of piperidine rings is 1. The Hall–Kier alpha value is -2.58. The van der Waals surface area contributed by atoms with Gasteiger partial charge in [-0.1, -0.05) is 18.2 Å². The van der Waals surface area contributed by atoms with E-state index in [1.807, 2.05) is 26.1 Å². The van der Waals surface area contributed by atoms with Crippen LogP contribution in [0.4, 0.5) is 18.9 Å². The molecule has 1 fully saturated rings. The molecule has 1 aliphatic heterocycles. The van der Waals surface area contributed by atoms with Crippen LogP contribution in [0, 0.1) is 0 Å². The minimum Gasteiger partial charge on any atom is -0.387 e. The van der Waals surface area contributed by atoms with E-state index >= 15 is 0 Å². The van der Waals surface area contributed by atoms with E-state index in [2.05, 4.69) is 45.8 Å². The molecule has 5 nitrogen and oxygen atoms in total. The highest BCUT2D eigenvalue weighted by atomic mass is 19.4. The second-order valence-electron chi connectivity index (χ2n) is 8.87. The molecule has 0 spiro atoms. The Morgan fingerprint density at radius 2 is 1.97 bits per heavy atom. The monoisotopic (exact) mass is 462 g/mol. The van der Waals surface area contributed by atoms with Crippen molar-refractivity contribution in [3.63, 3.8) is 0 Å². The summed E-state index contributed by atoms with van der Waals surface area (Å²) in [6, 6.07) is 10.9. The molecule has 1 aromatic heterocycles. The molecule has 0 aliphatic carbocycles. The summed E-state index contributed by atoms with van der Waals surface area (Å²) in [5, 5.41) is 3.18. The van der Waals surface area contributed by atoms with Crippen LogP contribution in [0.1, 0.15) is 56.4 Å². The van der Waals surface area contributed by atoms with Crippen LogP contribution in [0.25, 0.3) is 0 Å². The van der Waals surface area contributed by atoms with Gasteiger partial charge in [-0.25, -0.2) is 0 Å². The molecule has 1 saturated heterocycles. The third-order valence-corrected chi connectivity index (χ3v) is 5.60. The average Bonchev–Trinajstić information content (AvgIpc) is 2.78. The minimum atomic E-state index is -4.40. The number of nitrogens with zero attached hydrogens (tertiary/aromatic N) is 2. The smallest absolute Gasteiger partial charge is 0.387 e. The van der Waals surface area contributed by atoms with Crippen LogP contribution in [-0.4, -0.2) is 35.6 Å². The van der Waals surface area contributed by atoms with Gasteiger partial charge in [0, 0.05) is 19.3 Å². The predicted octanol–water partition coefficient (Wildman–Crippen LogP) is 5.73. The molecule has 2 heterocycles. The number of pyridine rings is 1. The molecule has 0 unspecified atom stereocenters. The van der Waals surface area contributed by atoms with Crippen molar-refractivity contribution in [1.29, 1.82) is 0 Å². The van der Waals surface area contributed by atoms with Crippen molar-refractivity contribution in [3.05, 3.63) is 71.2 Å². The molecule has 0 radical (unpaired) electrons. The van der Waals surface area contributed by atoms with E-state index in [1.54, 1.807) is 0 Å². The Morgan fingerprint density at radius 1 is 1.21 bits per heavy atom. The number of anilines is 1. The molecular weight excluding hydrogens is 429 g/mol. The van der Waals surface area contributed by atoms with E-state index in [0.717, 1.165) is 44.2 Å². The number of aromatic nitrogens is 1. The predicted molar refractivity (Wildman–Crippen MR) is 125 cm³/mol. The highest BCUT2D eigenvalue weighted by molar-refractivity contribution is 5.45. The Bertz CT molecular complexity index is 905. The maximum absolute atomic E-state index is 12.6. The quantitative estimate of drug-likeness (QED) is 0.467. The zero-order valence-corrected chi connectivity index (χ0v) is 19.5. The summed E-state index contributed by atoms with van der Waals surface area (Å²) in [6.07, 6.45) is 1.13.